The highest BCUT2D eigenvalue weighted by atomic mass is 35.5. The number of hydrogen-bond donors (Lipinski definition) is 1. The van der Waals surface area contributed by atoms with E-state index in [-0.39, 0.29) is 21.3 Å². The number of sulfonamides is 1. The zero-order valence-corrected chi connectivity index (χ0v) is 13.0. The van der Waals surface area contributed by atoms with Gasteiger partial charge in [-0.25, -0.2) is 13.1 Å². The molecule has 108 valence electrons. The van der Waals surface area contributed by atoms with E-state index in [0.717, 1.165) is 25.7 Å². The Kier molecular flexibility index (Phi) is 4.76. The highest BCUT2D eigenvalue weighted by molar-refractivity contribution is 7.89. The predicted molar refractivity (Wildman–Crippen MR) is 75.0 cm³/mol. The van der Waals surface area contributed by atoms with Gasteiger partial charge in [-0.1, -0.05) is 18.0 Å². The molecule has 1 fully saturated rings. The second kappa shape index (κ2) is 5.99. The van der Waals surface area contributed by atoms with Gasteiger partial charge in [-0.15, -0.1) is 11.6 Å². The van der Waals surface area contributed by atoms with Crippen molar-refractivity contribution in [1.82, 2.24) is 14.5 Å². The fourth-order valence-electron chi connectivity index (χ4n) is 2.41. The van der Waals surface area contributed by atoms with Crippen molar-refractivity contribution in [2.75, 3.05) is 6.54 Å². The number of halogens is 2. The zero-order chi connectivity index (χ0) is 14.0. The van der Waals surface area contributed by atoms with Gasteiger partial charge in [0.05, 0.1) is 11.2 Å². The molecule has 0 aromatic carbocycles. The summed E-state index contributed by atoms with van der Waals surface area (Å²) in [5.41, 5.74) is 0. The van der Waals surface area contributed by atoms with Gasteiger partial charge < -0.3 is 0 Å². The average molecular weight is 326 g/mol. The summed E-state index contributed by atoms with van der Waals surface area (Å²) < 4.78 is 28.2. The van der Waals surface area contributed by atoms with Crippen LogP contribution in [0.3, 0.4) is 0 Å². The summed E-state index contributed by atoms with van der Waals surface area (Å²) in [6.45, 7) is 0.396. The minimum Gasteiger partial charge on any atom is -0.255 e. The summed E-state index contributed by atoms with van der Waals surface area (Å²) >= 11 is 11.9. The fraction of sp³-hybridized carbons (Fsp3) is 0.727. The monoisotopic (exact) mass is 325 g/mol. The van der Waals surface area contributed by atoms with Crippen LogP contribution >= 0.6 is 23.2 Å². The Morgan fingerprint density at radius 1 is 1.53 bits per heavy atom. The zero-order valence-electron chi connectivity index (χ0n) is 10.6. The van der Waals surface area contributed by atoms with E-state index in [1.165, 1.54) is 10.9 Å². The molecule has 0 aliphatic heterocycles. The Bertz CT molecular complexity index is 525. The van der Waals surface area contributed by atoms with Crippen molar-refractivity contribution in [2.24, 2.45) is 13.0 Å². The summed E-state index contributed by atoms with van der Waals surface area (Å²) in [5.74, 6) is 0.290. The molecule has 1 N–H and O–H groups in total. The Morgan fingerprint density at radius 3 is 2.84 bits per heavy atom. The molecule has 2 rings (SSSR count). The van der Waals surface area contributed by atoms with Crippen molar-refractivity contribution in [3.8, 4) is 0 Å². The Balaban J connectivity index is 2.02. The molecule has 19 heavy (non-hydrogen) atoms. The van der Waals surface area contributed by atoms with Crippen LogP contribution in [-0.2, 0) is 17.1 Å². The molecule has 0 saturated heterocycles. The molecule has 1 aromatic heterocycles. The highest BCUT2D eigenvalue weighted by Crippen LogP contribution is 2.28. The molecule has 1 aliphatic rings. The van der Waals surface area contributed by atoms with Crippen molar-refractivity contribution < 1.29 is 8.42 Å². The fourth-order valence-corrected chi connectivity index (χ4v) is 4.58. The van der Waals surface area contributed by atoms with Crippen LogP contribution in [0.25, 0.3) is 0 Å². The van der Waals surface area contributed by atoms with Crippen LogP contribution in [0.15, 0.2) is 11.2 Å². The van der Waals surface area contributed by atoms with Gasteiger partial charge in [0.2, 0.25) is 0 Å². The van der Waals surface area contributed by atoms with Gasteiger partial charge in [0, 0.05) is 19.0 Å². The quantitative estimate of drug-likeness (QED) is 0.862. The third kappa shape index (κ3) is 3.62. The molecule has 1 heterocycles. The standard InChI is InChI=1S/C11H17Cl2N3O2S/c1-16-11(10(13)7-14-16)19(17,18)15-6-8-3-2-4-9(12)5-8/h7-9,15H,2-6H2,1H3. The number of nitrogens with one attached hydrogen (secondary N) is 1. The van der Waals surface area contributed by atoms with Crippen LogP contribution in [0.4, 0.5) is 0 Å². The highest BCUT2D eigenvalue weighted by Gasteiger charge is 2.26. The largest absolute Gasteiger partial charge is 0.259 e. The van der Waals surface area contributed by atoms with E-state index < -0.39 is 10.0 Å². The van der Waals surface area contributed by atoms with Gasteiger partial charge in [0.1, 0.15) is 0 Å². The van der Waals surface area contributed by atoms with Gasteiger partial charge >= 0.3 is 0 Å². The topological polar surface area (TPSA) is 64.0 Å². The number of hydrogen-bond acceptors (Lipinski definition) is 3. The lowest BCUT2D eigenvalue weighted by Gasteiger charge is -2.25. The first-order chi connectivity index (χ1) is 8.90. The van der Waals surface area contributed by atoms with Crippen LogP contribution in [0.5, 0.6) is 0 Å². The molecule has 2 atom stereocenters. The van der Waals surface area contributed by atoms with Gasteiger partial charge in [-0.05, 0) is 25.2 Å². The second-order valence-electron chi connectivity index (χ2n) is 4.90. The Morgan fingerprint density at radius 2 is 2.26 bits per heavy atom. The third-order valence-electron chi connectivity index (χ3n) is 3.38. The summed E-state index contributed by atoms with van der Waals surface area (Å²) in [6, 6.07) is 0. The van der Waals surface area contributed by atoms with Crippen LogP contribution < -0.4 is 4.72 Å². The molecular formula is C11H17Cl2N3O2S. The number of aromatic nitrogens is 2. The molecule has 2 unspecified atom stereocenters. The predicted octanol–water partition coefficient (Wildman–Crippen LogP) is 2.15. The van der Waals surface area contributed by atoms with Crippen molar-refractivity contribution >= 4 is 33.2 Å². The first-order valence-corrected chi connectivity index (χ1v) is 8.51. The molecule has 1 aliphatic carbocycles. The van der Waals surface area contributed by atoms with E-state index in [0.29, 0.717) is 6.54 Å². The van der Waals surface area contributed by atoms with Crippen LogP contribution in [0, 0.1) is 5.92 Å². The minimum absolute atomic E-state index is 0.00685. The number of aryl methyl sites for hydroxylation is 1. The molecule has 8 heteroatoms. The lowest BCUT2D eigenvalue weighted by molar-refractivity contribution is 0.361. The van der Waals surface area contributed by atoms with Crippen LogP contribution in [0.1, 0.15) is 25.7 Å². The summed E-state index contributed by atoms with van der Waals surface area (Å²) in [7, 11) is -2.07. The van der Waals surface area contributed by atoms with E-state index in [1.54, 1.807) is 7.05 Å². The summed E-state index contributed by atoms with van der Waals surface area (Å²) in [6.07, 6.45) is 5.24. The van der Waals surface area contributed by atoms with E-state index in [4.69, 9.17) is 23.2 Å². The normalized spacial score (nSPS) is 24.6. The third-order valence-corrected chi connectivity index (χ3v) is 5.70. The maximum Gasteiger partial charge on any atom is 0.259 e. The van der Waals surface area contributed by atoms with E-state index >= 15 is 0 Å². The average Bonchev–Trinajstić information content (AvgIpc) is 2.67. The Hall–Kier alpha value is -0.300. The summed E-state index contributed by atoms with van der Waals surface area (Å²) in [5, 5.41) is 4.13. The van der Waals surface area contributed by atoms with E-state index in [2.05, 4.69) is 9.82 Å². The Labute approximate surface area is 123 Å². The molecule has 0 amide bonds. The van der Waals surface area contributed by atoms with Gasteiger partial charge in [-0.3, -0.25) is 4.68 Å². The SMILES string of the molecule is Cn1ncc(Cl)c1S(=O)(=O)NCC1CCCC(Cl)C1. The maximum atomic E-state index is 12.2. The van der Waals surface area contributed by atoms with Crippen LogP contribution in [0.2, 0.25) is 5.02 Å². The molecule has 5 nitrogen and oxygen atoms in total. The van der Waals surface area contributed by atoms with E-state index in [1.807, 2.05) is 0 Å². The van der Waals surface area contributed by atoms with Gasteiger partial charge in [0.15, 0.2) is 5.03 Å². The lowest BCUT2D eigenvalue weighted by atomic mass is 9.89. The van der Waals surface area contributed by atoms with Crippen molar-refractivity contribution in [3.63, 3.8) is 0 Å². The first kappa shape index (κ1) is 15.1. The smallest absolute Gasteiger partial charge is 0.255 e. The lowest BCUT2D eigenvalue weighted by Crippen LogP contribution is -2.33. The van der Waals surface area contributed by atoms with Crippen molar-refractivity contribution in [2.45, 2.75) is 36.1 Å². The number of nitrogens with zero attached hydrogens (tertiary/aromatic N) is 2. The molecule has 0 spiro atoms. The minimum atomic E-state index is -3.62. The first-order valence-electron chi connectivity index (χ1n) is 6.21. The molecule has 1 aromatic rings. The van der Waals surface area contributed by atoms with Gasteiger partial charge in [-0.2, -0.15) is 5.10 Å². The number of alkyl halides is 1. The maximum absolute atomic E-state index is 12.2. The molecule has 1 saturated carbocycles. The summed E-state index contributed by atoms with van der Waals surface area (Å²) in [4.78, 5) is 0. The van der Waals surface area contributed by atoms with Crippen LogP contribution in [-0.4, -0.2) is 30.1 Å². The molecule has 0 radical (unpaired) electrons. The molecule has 0 bridgehead atoms. The van der Waals surface area contributed by atoms with Crippen molar-refractivity contribution in [1.29, 1.82) is 0 Å². The van der Waals surface area contributed by atoms with Crippen molar-refractivity contribution in [3.05, 3.63) is 11.2 Å². The number of rotatable bonds is 4. The van der Waals surface area contributed by atoms with Gasteiger partial charge in [0.25, 0.3) is 10.0 Å². The molecular weight excluding hydrogens is 309 g/mol. The van der Waals surface area contributed by atoms with E-state index in [9.17, 15) is 8.42 Å². The second-order valence-corrected chi connectivity index (χ2v) is 7.61.